The van der Waals surface area contributed by atoms with Crippen molar-refractivity contribution in [2.75, 3.05) is 11.9 Å². The molecule has 2 aromatic rings. The minimum atomic E-state index is -0.439. The molecule has 0 spiro atoms. The SMILES string of the molecule is N#Cc1ccsc1NC(=O)COC(=O)CCCc1cccs1. The molecular weight excluding hydrogens is 320 g/mol. The van der Waals surface area contributed by atoms with Crippen LogP contribution in [0.15, 0.2) is 29.0 Å². The van der Waals surface area contributed by atoms with E-state index < -0.39 is 11.9 Å². The van der Waals surface area contributed by atoms with Crippen LogP contribution in [0, 0.1) is 11.3 Å². The first kappa shape index (κ1) is 16.2. The Balaban J connectivity index is 1.65. The normalized spacial score (nSPS) is 9.95. The summed E-state index contributed by atoms with van der Waals surface area (Å²) in [4.78, 5) is 24.4. The highest BCUT2D eigenvalue weighted by Gasteiger charge is 2.11. The van der Waals surface area contributed by atoms with E-state index >= 15 is 0 Å². The van der Waals surface area contributed by atoms with Gasteiger partial charge in [0.15, 0.2) is 6.61 Å². The average molecular weight is 334 g/mol. The monoisotopic (exact) mass is 334 g/mol. The average Bonchev–Trinajstić information content (AvgIpc) is 3.16. The zero-order chi connectivity index (χ0) is 15.8. The van der Waals surface area contributed by atoms with Crippen molar-refractivity contribution in [2.45, 2.75) is 19.3 Å². The zero-order valence-electron chi connectivity index (χ0n) is 11.7. The molecule has 0 atom stereocenters. The topological polar surface area (TPSA) is 79.2 Å². The van der Waals surface area contributed by atoms with Crippen LogP contribution in [0.2, 0.25) is 0 Å². The second kappa shape index (κ2) is 8.32. The van der Waals surface area contributed by atoms with Crippen LogP contribution in [-0.4, -0.2) is 18.5 Å². The Morgan fingerprint density at radius 1 is 1.27 bits per heavy atom. The lowest BCUT2D eigenvalue weighted by Gasteiger charge is -2.05. The van der Waals surface area contributed by atoms with E-state index in [0.29, 0.717) is 17.0 Å². The van der Waals surface area contributed by atoms with Gasteiger partial charge in [0, 0.05) is 11.3 Å². The van der Waals surface area contributed by atoms with Crippen molar-refractivity contribution < 1.29 is 14.3 Å². The highest BCUT2D eigenvalue weighted by molar-refractivity contribution is 7.14. The molecule has 2 aromatic heterocycles. The number of carbonyl (C=O) groups is 2. The summed E-state index contributed by atoms with van der Waals surface area (Å²) in [6.45, 7) is -0.333. The van der Waals surface area contributed by atoms with Crippen molar-refractivity contribution in [3.63, 3.8) is 0 Å². The Morgan fingerprint density at radius 2 is 2.14 bits per heavy atom. The maximum absolute atomic E-state index is 11.7. The van der Waals surface area contributed by atoms with Gasteiger partial charge >= 0.3 is 5.97 Å². The lowest BCUT2D eigenvalue weighted by Crippen LogP contribution is -2.20. The fourth-order valence-electron chi connectivity index (χ4n) is 1.74. The molecule has 0 aliphatic rings. The number of hydrogen-bond donors (Lipinski definition) is 1. The number of thiophene rings is 2. The first-order valence-corrected chi connectivity index (χ1v) is 8.40. The predicted octanol–water partition coefficient (Wildman–Crippen LogP) is 3.19. The summed E-state index contributed by atoms with van der Waals surface area (Å²) in [5.74, 6) is -0.830. The number of nitrogens with one attached hydrogen (secondary N) is 1. The van der Waals surface area contributed by atoms with Gasteiger partial charge in [0.25, 0.3) is 5.91 Å². The number of nitrogens with zero attached hydrogens (tertiary/aromatic N) is 1. The second-order valence-corrected chi connectivity index (χ2v) is 6.37. The maximum Gasteiger partial charge on any atom is 0.306 e. The molecule has 2 rings (SSSR count). The van der Waals surface area contributed by atoms with Gasteiger partial charge in [0.05, 0.1) is 5.56 Å². The predicted molar refractivity (Wildman–Crippen MR) is 85.9 cm³/mol. The highest BCUT2D eigenvalue weighted by Crippen LogP contribution is 2.21. The highest BCUT2D eigenvalue weighted by atomic mass is 32.1. The van der Waals surface area contributed by atoms with Crippen molar-refractivity contribution in [3.8, 4) is 6.07 Å². The molecule has 0 aliphatic carbocycles. The van der Waals surface area contributed by atoms with E-state index in [1.807, 2.05) is 23.6 Å². The molecule has 0 unspecified atom stereocenters. The molecule has 5 nitrogen and oxygen atoms in total. The molecule has 114 valence electrons. The van der Waals surface area contributed by atoms with Gasteiger partial charge in [-0.1, -0.05) is 6.07 Å². The van der Waals surface area contributed by atoms with E-state index in [1.165, 1.54) is 16.2 Å². The number of carbonyl (C=O) groups excluding carboxylic acids is 2. The lowest BCUT2D eigenvalue weighted by molar-refractivity contribution is -0.147. The van der Waals surface area contributed by atoms with Crippen molar-refractivity contribution >= 4 is 39.6 Å². The molecule has 22 heavy (non-hydrogen) atoms. The van der Waals surface area contributed by atoms with Gasteiger partial charge in [0.1, 0.15) is 11.1 Å². The standard InChI is InChI=1S/C15H14N2O3S2/c16-9-11-6-8-22-15(11)17-13(18)10-20-14(19)5-1-3-12-4-2-7-21-12/h2,4,6-8H,1,3,5,10H2,(H,17,18). The molecule has 0 bridgehead atoms. The van der Waals surface area contributed by atoms with E-state index in [9.17, 15) is 9.59 Å². The number of esters is 1. The summed E-state index contributed by atoms with van der Waals surface area (Å²) in [5, 5.41) is 15.6. The number of aryl methyl sites for hydroxylation is 1. The van der Waals surface area contributed by atoms with Crippen LogP contribution in [-0.2, 0) is 20.7 Å². The molecule has 1 N–H and O–H groups in total. The molecular formula is C15H14N2O3S2. The van der Waals surface area contributed by atoms with E-state index in [-0.39, 0.29) is 13.0 Å². The van der Waals surface area contributed by atoms with E-state index in [0.717, 1.165) is 6.42 Å². The van der Waals surface area contributed by atoms with Crippen LogP contribution in [0.25, 0.3) is 0 Å². The van der Waals surface area contributed by atoms with Crippen LogP contribution in [0.1, 0.15) is 23.3 Å². The first-order valence-electron chi connectivity index (χ1n) is 6.64. The number of rotatable bonds is 7. The summed E-state index contributed by atoms with van der Waals surface area (Å²) < 4.78 is 4.92. The first-order chi connectivity index (χ1) is 10.7. The Bertz CT molecular complexity index is 671. The van der Waals surface area contributed by atoms with Gasteiger partial charge < -0.3 is 10.1 Å². The number of amides is 1. The van der Waals surface area contributed by atoms with Crippen molar-refractivity contribution in [3.05, 3.63) is 39.4 Å². The van der Waals surface area contributed by atoms with Gasteiger partial charge in [0.2, 0.25) is 0 Å². The summed E-state index contributed by atoms with van der Waals surface area (Å²) in [6.07, 6.45) is 1.82. The summed E-state index contributed by atoms with van der Waals surface area (Å²) >= 11 is 2.91. The van der Waals surface area contributed by atoms with Gasteiger partial charge in [-0.2, -0.15) is 5.26 Å². The van der Waals surface area contributed by atoms with Crippen LogP contribution in [0.4, 0.5) is 5.00 Å². The summed E-state index contributed by atoms with van der Waals surface area (Å²) in [7, 11) is 0. The minimum Gasteiger partial charge on any atom is -0.456 e. The molecule has 0 saturated carbocycles. The largest absolute Gasteiger partial charge is 0.456 e. The molecule has 7 heteroatoms. The van der Waals surface area contributed by atoms with Crippen molar-refractivity contribution in [1.29, 1.82) is 5.26 Å². The molecule has 0 aromatic carbocycles. The quantitative estimate of drug-likeness (QED) is 0.789. The Morgan fingerprint density at radius 3 is 2.86 bits per heavy atom. The number of hydrogen-bond acceptors (Lipinski definition) is 6. The molecule has 0 fully saturated rings. The van der Waals surface area contributed by atoms with Crippen LogP contribution >= 0.6 is 22.7 Å². The summed E-state index contributed by atoms with van der Waals surface area (Å²) in [6, 6.07) is 7.60. The smallest absolute Gasteiger partial charge is 0.306 e. The van der Waals surface area contributed by atoms with Gasteiger partial charge in [-0.15, -0.1) is 22.7 Å². The summed E-state index contributed by atoms with van der Waals surface area (Å²) in [5.41, 5.74) is 0.403. The zero-order valence-corrected chi connectivity index (χ0v) is 13.3. The lowest BCUT2D eigenvalue weighted by atomic mass is 10.2. The fraction of sp³-hybridized carbons (Fsp3) is 0.267. The third-order valence-electron chi connectivity index (χ3n) is 2.79. The number of nitriles is 1. The number of ether oxygens (including phenoxy) is 1. The van der Waals surface area contributed by atoms with Gasteiger partial charge in [-0.05, 0) is 35.7 Å². The maximum atomic E-state index is 11.7. The molecule has 2 heterocycles. The molecule has 1 amide bonds. The third-order valence-corrected chi connectivity index (χ3v) is 4.55. The molecule has 0 saturated heterocycles. The Labute approximate surface area is 136 Å². The third kappa shape index (κ3) is 4.98. The molecule has 0 radical (unpaired) electrons. The number of anilines is 1. The Kier molecular flexibility index (Phi) is 6.13. The van der Waals surface area contributed by atoms with E-state index in [1.54, 1.807) is 22.8 Å². The van der Waals surface area contributed by atoms with Crippen LogP contribution in [0.3, 0.4) is 0 Å². The van der Waals surface area contributed by atoms with Crippen molar-refractivity contribution in [2.24, 2.45) is 0 Å². The van der Waals surface area contributed by atoms with Gasteiger partial charge in [-0.25, -0.2) is 0 Å². The van der Waals surface area contributed by atoms with E-state index in [2.05, 4.69) is 5.32 Å². The molecule has 0 aliphatic heterocycles. The Hall–Kier alpha value is -2.17. The fourth-order valence-corrected chi connectivity index (χ4v) is 3.24. The van der Waals surface area contributed by atoms with E-state index in [4.69, 9.17) is 10.00 Å². The minimum absolute atomic E-state index is 0.285. The van der Waals surface area contributed by atoms with Crippen LogP contribution in [0.5, 0.6) is 0 Å². The van der Waals surface area contributed by atoms with Crippen molar-refractivity contribution in [1.82, 2.24) is 0 Å². The van der Waals surface area contributed by atoms with Crippen LogP contribution < -0.4 is 5.32 Å². The van der Waals surface area contributed by atoms with Gasteiger partial charge in [-0.3, -0.25) is 9.59 Å². The second-order valence-electron chi connectivity index (χ2n) is 4.42.